The van der Waals surface area contributed by atoms with Crippen molar-refractivity contribution >= 4 is 34.7 Å². The molecule has 35 heavy (non-hydrogen) atoms. The number of esters is 1. The van der Waals surface area contributed by atoms with E-state index in [0.717, 1.165) is 30.9 Å². The first-order chi connectivity index (χ1) is 16.7. The van der Waals surface area contributed by atoms with Crippen molar-refractivity contribution in [1.82, 2.24) is 19.7 Å². The monoisotopic (exact) mass is 485 g/mol. The molecule has 12 heteroatoms. The lowest BCUT2D eigenvalue weighted by atomic mass is 10.1. The van der Waals surface area contributed by atoms with Gasteiger partial charge in [-0.2, -0.15) is 0 Å². The van der Waals surface area contributed by atoms with Gasteiger partial charge in [-0.1, -0.05) is 0 Å². The minimum absolute atomic E-state index is 0.142. The lowest BCUT2D eigenvalue weighted by Gasteiger charge is -2.34. The number of rotatable bonds is 4. The third kappa shape index (κ3) is 4.14. The van der Waals surface area contributed by atoms with Crippen LogP contribution in [0.25, 0.3) is 5.65 Å². The van der Waals surface area contributed by atoms with Gasteiger partial charge in [0.2, 0.25) is 0 Å². The summed E-state index contributed by atoms with van der Waals surface area (Å²) >= 11 is 0. The van der Waals surface area contributed by atoms with E-state index < -0.39 is 24.5 Å². The Labute approximate surface area is 199 Å². The van der Waals surface area contributed by atoms with Crippen LogP contribution in [0, 0.1) is 6.92 Å². The molecule has 3 aromatic rings. The summed E-state index contributed by atoms with van der Waals surface area (Å²) in [5.41, 5.74) is 7.62. The van der Waals surface area contributed by atoms with Crippen molar-refractivity contribution in [2.45, 2.75) is 39.0 Å². The first-order valence-electron chi connectivity index (χ1n) is 11.3. The molecule has 1 fully saturated rings. The third-order valence-corrected chi connectivity index (χ3v) is 6.26. The van der Waals surface area contributed by atoms with Crippen molar-refractivity contribution in [2.75, 3.05) is 29.4 Å². The normalized spacial score (nSPS) is 19.9. The maximum absolute atomic E-state index is 14.0. The number of carbonyl (C=O) groups is 2. The fourth-order valence-corrected chi connectivity index (χ4v) is 4.81. The second kappa shape index (κ2) is 8.77. The number of primary amides is 1. The van der Waals surface area contributed by atoms with Gasteiger partial charge in [-0.25, -0.2) is 23.5 Å². The molecule has 5 rings (SSSR count). The highest BCUT2D eigenvalue weighted by molar-refractivity contribution is 6.31. The van der Waals surface area contributed by atoms with Crippen molar-refractivity contribution < 1.29 is 23.1 Å². The van der Waals surface area contributed by atoms with Crippen LogP contribution in [0.1, 0.15) is 30.2 Å². The Kier molecular flexibility index (Phi) is 5.75. The van der Waals surface area contributed by atoms with Gasteiger partial charge in [-0.3, -0.25) is 9.69 Å². The molecule has 184 valence electrons. The van der Waals surface area contributed by atoms with Crippen molar-refractivity contribution in [3.63, 3.8) is 0 Å². The molecule has 2 atom stereocenters. The fraction of sp³-hybridized carbons (Fsp3) is 0.391. The zero-order valence-electron chi connectivity index (χ0n) is 19.2. The van der Waals surface area contributed by atoms with E-state index in [-0.39, 0.29) is 23.7 Å². The fourth-order valence-electron chi connectivity index (χ4n) is 4.81. The van der Waals surface area contributed by atoms with Gasteiger partial charge in [0.25, 0.3) is 6.43 Å². The summed E-state index contributed by atoms with van der Waals surface area (Å²) in [5, 5.41) is 3.40. The minimum Gasteiger partial charge on any atom is -0.434 e. The Morgan fingerprint density at radius 1 is 1.31 bits per heavy atom. The van der Waals surface area contributed by atoms with E-state index in [9.17, 15) is 18.4 Å². The number of ether oxygens (including phenoxy) is 1. The van der Waals surface area contributed by atoms with Crippen molar-refractivity contribution in [3.8, 4) is 0 Å². The summed E-state index contributed by atoms with van der Waals surface area (Å²) in [5.74, 6) is -1.98. The first kappa shape index (κ1) is 23.0. The number of anilines is 3. The van der Waals surface area contributed by atoms with Crippen LogP contribution in [0.5, 0.6) is 0 Å². The van der Waals surface area contributed by atoms with Crippen LogP contribution in [0.15, 0.2) is 30.7 Å². The summed E-state index contributed by atoms with van der Waals surface area (Å²) in [4.78, 5) is 36.1. The third-order valence-electron chi connectivity index (χ3n) is 6.26. The summed E-state index contributed by atoms with van der Waals surface area (Å²) in [6, 6.07) is 3.47. The molecule has 2 aliphatic heterocycles. The van der Waals surface area contributed by atoms with Gasteiger partial charge in [-0.15, -0.1) is 0 Å². The zero-order chi connectivity index (χ0) is 24.9. The molecule has 10 nitrogen and oxygen atoms in total. The number of amides is 1. The average molecular weight is 485 g/mol. The minimum atomic E-state index is -2.78. The molecule has 2 aliphatic rings. The van der Waals surface area contributed by atoms with Crippen LogP contribution < -0.4 is 20.9 Å². The quantitative estimate of drug-likeness (QED) is 0.425. The van der Waals surface area contributed by atoms with Gasteiger partial charge < -0.3 is 25.1 Å². The van der Waals surface area contributed by atoms with E-state index in [1.165, 1.54) is 10.5 Å². The number of piperazine rings is 1. The lowest BCUT2D eigenvalue weighted by Crippen LogP contribution is -2.49. The topological polar surface area (TPSA) is 118 Å². The lowest BCUT2D eigenvalue weighted by molar-refractivity contribution is -0.157. The van der Waals surface area contributed by atoms with Crippen molar-refractivity contribution in [1.29, 1.82) is 0 Å². The van der Waals surface area contributed by atoms with E-state index in [4.69, 9.17) is 10.5 Å². The highest BCUT2D eigenvalue weighted by atomic mass is 19.3. The summed E-state index contributed by atoms with van der Waals surface area (Å²) in [6.45, 7) is 6.13. The highest BCUT2D eigenvalue weighted by Crippen LogP contribution is 2.43. The van der Waals surface area contributed by atoms with Gasteiger partial charge in [0.05, 0.1) is 16.9 Å². The van der Waals surface area contributed by atoms with Gasteiger partial charge in [0.15, 0.2) is 6.23 Å². The summed E-state index contributed by atoms with van der Waals surface area (Å²) < 4.78 is 34.9. The molecule has 0 aliphatic carbocycles. The Bertz CT molecular complexity index is 1310. The maximum atomic E-state index is 14.0. The second-order valence-corrected chi connectivity index (χ2v) is 8.80. The maximum Gasteiger partial charge on any atom is 0.398 e. The van der Waals surface area contributed by atoms with Gasteiger partial charge >= 0.3 is 11.9 Å². The van der Waals surface area contributed by atoms with E-state index in [1.54, 1.807) is 30.4 Å². The molecule has 1 amide bonds. The Morgan fingerprint density at radius 2 is 2.11 bits per heavy atom. The largest absolute Gasteiger partial charge is 0.434 e. The van der Waals surface area contributed by atoms with Crippen LogP contribution in [0.4, 0.5) is 26.0 Å². The molecule has 0 bridgehead atoms. The number of halogens is 2. The Hall–Kier alpha value is -3.80. The number of fused-ring (bicyclic) bond motifs is 2. The van der Waals surface area contributed by atoms with Crippen LogP contribution >= 0.6 is 0 Å². The van der Waals surface area contributed by atoms with E-state index >= 15 is 0 Å². The number of hydrogen-bond acceptors (Lipinski definition) is 8. The molecule has 1 saturated heterocycles. The number of aryl methyl sites for hydroxylation is 1. The molecule has 5 heterocycles. The van der Waals surface area contributed by atoms with Gasteiger partial charge in [0.1, 0.15) is 11.5 Å². The van der Waals surface area contributed by atoms with E-state index in [2.05, 4.69) is 27.1 Å². The number of imidazole rings is 1. The van der Waals surface area contributed by atoms with Crippen LogP contribution in [-0.2, 0) is 20.7 Å². The molecule has 3 N–H and O–H groups in total. The molecule has 3 aromatic heterocycles. The molecule has 0 saturated carbocycles. The molecule has 0 radical (unpaired) electrons. The highest BCUT2D eigenvalue weighted by Gasteiger charge is 2.39. The number of hydrogen-bond donors (Lipinski definition) is 2. The van der Waals surface area contributed by atoms with E-state index in [1.807, 2.05) is 6.07 Å². The zero-order valence-corrected chi connectivity index (χ0v) is 19.2. The Balaban J connectivity index is 1.64. The second-order valence-electron chi connectivity index (χ2n) is 8.80. The molecule has 0 aromatic carbocycles. The summed E-state index contributed by atoms with van der Waals surface area (Å²) in [7, 11) is 0. The van der Waals surface area contributed by atoms with Gasteiger partial charge in [0, 0.05) is 61.9 Å². The summed E-state index contributed by atoms with van der Waals surface area (Å²) in [6.07, 6.45) is 1.34. The van der Waals surface area contributed by atoms with Crippen molar-refractivity contribution in [3.05, 3.63) is 47.5 Å². The molecule has 0 spiro atoms. The number of pyridine rings is 2. The molecular weight excluding hydrogens is 460 g/mol. The smallest absolute Gasteiger partial charge is 0.398 e. The predicted molar refractivity (Wildman–Crippen MR) is 124 cm³/mol. The number of carbonyl (C=O) groups excluding carboxylic acids is 2. The standard InChI is InChI=1S/C23H25F2N7O3/c1-12-9-30(6-5-27-12)17-3-4-28-21-15(17)8-18(35-23(34)20(26)33)32(21)14-7-16(19(24)25)22-29-13(2)10-31(22)11-14/h3-4,7,10-12,18-19,27H,5-6,8-9H2,1-2H3,(H2,26,33)/t12-,18?/m0/s1. The van der Waals surface area contributed by atoms with Crippen molar-refractivity contribution in [2.24, 2.45) is 5.73 Å². The van der Waals surface area contributed by atoms with Crippen LogP contribution in [-0.4, -0.2) is 58.1 Å². The van der Waals surface area contributed by atoms with Gasteiger partial charge in [-0.05, 0) is 26.0 Å². The predicted octanol–water partition coefficient (Wildman–Crippen LogP) is 1.82. The number of nitrogens with zero attached hydrogens (tertiary/aromatic N) is 5. The number of nitrogens with one attached hydrogen (secondary N) is 1. The number of nitrogens with two attached hydrogens (primary N) is 1. The SMILES string of the molecule is Cc1cn2cc(N3c4nccc(N5CCN[C@@H](C)C5)c4CC3OC(=O)C(N)=O)cc(C(F)F)c2n1. The van der Waals surface area contributed by atoms with Crippen LogP contribution in [0.3, 0.4) is 0 Å². The average Bonchev–Trinajstić information content (AvgIpc) is 3.36. The first-order valence-corrected chi connectivity index (χ1v) is 11.3. The number of aromatic nitrogens is 3. The number of alkyl halides is 2. The molecular formula is C23H25F2N7O3. The van der Waals surface area contributed by atoms with Crippen LogP contribution in [0.2, 0.25) is 0 Å². The Morgan fingerprint density at radius 3 is 2.83 bits per heavy atom. The van der Waals surface area contributed by atoms with E-state index in [0.29, 0.717) is 17.2 Å². The molecule has 1 unspecified atom stereocenters.